The number of hydrazine groups is 1. The monoisotopic (exact) mass is 277 g/mol. The van der Waals surface area contributed by atoms with Crippen LogP contribution in [0.5, 0.6) is 0 Å². The van der Waals surface area contributed by atoms with Crippen molar-refractivity contribution in [3.63, 3.8) is 0 Å². The number of rotatable bonds is 7. The molecule has 1 saturated carbocycles. The number of nitrogens with one attached hydrogen (secondary N) is 2. The van der Waals surface area contributed by atoms with Crippen LogP contribution in [0.1, 0.15) is 63.8 Å². The Morgan fingerprint density at radius 2 is 1.90 bits per heavy atom. The molecule has 2 atom stereocenters. The van der Waals surface area contributed by atoms with E-state index in [1.165, 1.54) is 19.3 Å². The van der Waals surface area contributed by atoms with Crippen LogP contribution in [0.4, 0.5) is 11.6 Å². The average Bonchev–Trinajstić information content (AvgIpc) is 3.25. The number of anilines is 2. The summed E-state index contributed by atoms with van der Waals surface area (Å²) in [5, 5.41) is 3.53. The SMILES string of the molecule is CCC(C)CC(C)Nc1nc(C2CC2)nc(NN)c1C. The standard InChI is InChI=1S/C15H27N5/c1-5-9(2)8-10(3)17-13-11(4)14(20-16)19-15(18-13)12-6-7-12/h9-10,12H,5-8,16H2,1-4H3,(H2,17,18,19,20). The van der Waals surface area contributed by atoms with Crippen LogP contribution >= 0.6 is 0 Å². The molecule has 5 heteroatoms. The number of nitrogens with two attached hydrogens (primary N) is 1. The molecule has 4 N–H and O–H groups in total. The Bertz CT molecular complexity index is 456. The van der Waals surface area contributed by atoms with Crippen LogP contribution in [0.25, 0.3) is 0 Å². The summed E-state index contributed by atoms with van der Waals surface area (Å²) in [5.74, 6) is 9.39. The molecule has 0 aromatic carbocycles. The van der Waals surface area contributed by atoms with E-state index in [1.54, 1.807) is 0 Å². The molecule has 112 valence electrons. The van der Waals surface area contributed by atoms with Crippen molar-refractivity contribution >= 4 is 11.6 Å². The third-order valence-corrected chi connectivity index (χ3v) is 4.08. The van der Waals surface area contributed by atoms with Gasteiger partial charge in [0, 0.05) is 17.5 Å². The predicted octanol–water partition coefficient (Wildman–Crippen LogP) is 3.18. The molecule has 1 fully saturated rings. The van der Waals surface area contributed by atoms with E-state index in [9.17, 15) is 0 Å². The Hall–Kier alpha value is -1.36. The number of hydrogen-bond donors (Lipinski definition) is 3. The smallest absolute Gasteiger partial charge is 0.148 e. The van der Waals surface area contributed by atoms with Gasteiger partial charge in [-0.05, 0) is 39.0 Å². The fourth-order valence-electron chi connectivity index (χ4n) is 2.40. The largest absolute Gasteiger partial charge is 0.367 e. The quantitative estimate of drug-likeness (QED) is 0.527. The number of aromatic nitrogens is 2. The number of nitrogens with zero attached hydrogens (tertiary/aromatic N) is 2. The molecule has 0 spiro atoms. The molecule has 1 aliphatic carbocycles. The van der Waals surface area contributed by atoms with Crippen molar-refractivity contribution in [3.8, 4) is 0 Å². The van der Waals surface area contributed by atoms with Crippen molar-refractivity contribution in [2.75, 3.05) is 10.7 Å². The van der Waals surface area contributed by atoms with Gasteiger partial charge in [0.1, 0.15) is 17.5 Å². The third kappa shape index (κ3) is 3.60. The highest BCUT2D eigenvalue weighted by Gasteiger charge is 2.28. The first-order chi connectivity index (χ1) is 9.55. The van der Waals surface area contributed by atoms with E-state index in [4.69, 9.17) is 10.8 Å². The van der Waals surface area contributed by atoms with Crippen molar-refractivity contribution < 1.29 is 0 Å². The molecule has 0 radical (unpaired) electrons. The molecule has 0 bridgehead atoms. The van der Waals surface area contributed by atoms with Gasteiger partial charge < -0.3 is 10.7 Å². The highest BCUT2D eigenvalue weighted by atomic mass is 15.3. The summed E-state index contributed by atoms with van der Waals surface area (Å²) in [4.78, 5) is 9.21. The third-order valence-electron chi connectivity index (χ3n) is 4.08. The lowest BCUT2D eigenvalue weighted by Crippen LogP contribution is -2.21. The van der Waals surface area contributed by atoms with Crippen LogP contribution in [0.15, 0.2) is 0 Å². The highest BCUT2D eigenvalue weighted by molar-refractivity contribution is 5.57. The average molecular weight is 277 g/mol. The molecule has 1 aromatic heterocycles. The Balaban J connectivity index is 2.14. The minimum atomic E-state index is 0.399. The Morgan fingerprint density at radius 3 is 2.45 bits per heavy atom. The van der Waals surface area contributed by atoms with Crippen LogP contribution in [0.2, 0.25) is 0 Å². The lowest BCUT2D eigenvalue weighted by atomic mass is 10.0. The van der Waals surface area contributed by atoms with Gasteiger partial charge in [-0.2, -0.15) is 0 Å². The van der Waals surface area contributed by atoms with Crippen molar-refractivity contribution in [3.05, 3.63) is 11.4 Å². The fraction of sp³-hybridized carbons (Fsp3) is 0.733. The molecule has 5 nitrogen and oxygen atoms in total. The van der Waals surface area contributed by atoms with Crippen LogP contribution in [-0.2, 0) is 0 Å². The van der Waals surface area contributed by atoms with Gasteiger partial charge in [0.25, 0.3) is 0 Å². The van der Waals surface area contributed by atoms with Crippen LogP contribution in [0, 0.1) is 12.8 Å². The van der Waals surface area contributed by atoms with E-state index in [2.05, 4.69) is 36.5 Å². The Morgan fingerprint density at radius 1 is 1.25 bits per heavy atom. The van der Waals surface area contributed by atoms with Gasteiger partial charge in [0.15, 0.2) is 0 Å². The van der Waals surface area contributed by atoms with Gasteiger partial charge in [-0.3, -0.25) is 0 Å². The predicted molar refractivity (Wildman–Crippen MR) is 83.7 cm³/mol. The molecular formula is C15H27N5. The van der Waals surface area contributed by atoms with Crippen LogP contribution in [0.3, 0.4) is 0 Å². The van der Waals surface area contributed by atoms with E-state index in [-0.39, 0.29) is 0 Å². The van der Waals surface area contributed by atoms with Crippen molar-refractivity contribution in [1.29, 1.82) is 0 Å². The van der Waals surface area contributed by atoms with Crippen LogP contribution < -0.4 is 16.6 Å². The van der Waals surface area contributed by atoms with Crippen LogP contribution in [-0.4, -0.2) is 16.0 Å². The summed E-state index contributed by atoms with van der Waals surface area (Å²) in [6, 6.07) is 0.399. The highest BCUT2D eigenvalue weighted by Crippen LogP contribution is 2.39. The second-order valence-electron chi connectivity index (χ2n) is 6.12. The van der Waals surface area contributed by atoms with Gasteiger partial charge in [0.05, 0.1) is 0 Å². The maximum atomic E-state index is 5.57. The molecule has 20 heavy (non-hydrogen) atoms. The summed E-state index contributed by atoms with van der Waals surface area (Å²) >= 11 is 0. The minimum Gasteiger partial charge on any atom is -0.367 e. The maximum Gasteiger partial charge on any atom is 0.148 e. The lowest BCUT2D eigenvalue weighted by molar-refractivity contribution is 0.483. The van der Waals surface area contributed by atoms with Gasteiger partial charge in [-0.25, -0.2) is 15.8 Å². The van der Waals surface area contributed by atoms with E-state index in [0.29, 0.717) is 12.0 Å². The number of nitrogen functional groups attached to an aromatic ring is 1. The molecule has 0 amide bonds. The van der Waals surface area contributed by atoms with E-state index in [0.717, 1.165) is 35.4 Å². The molecular weight excluding hydrogens is 250 g/mol. The van der Waals surface area contributed by atoms with Crippen molar-refractivity contribution in [1.82, 2.24) is 9.97 Å². The van der Waals surface area contributed by atoms with Crippen molar-refractivity contribution in [2.24, 2.45) is 11.8 Å². The van der Waals surface area contributed by atoms with Gasteiger partial charge in [-0.1, -0.05) is 20.3 Å². The summed E-state index contributed by atoms with van der Waals surface area (Å²) in [6.45, 7) is 8.73. The topological polar surface area (TPSA) is 75.9 Å². The van der Waals surface area contributed by atoms with Crippen molar-refractivity contribution in [2.45, 2.75) is 65.3 Å². The first-order valence-electron chi connectivity index (χ1n) is 7.66. The molecule has 0 saturated heterocycles. The normalized spacial score (nSPS) is 17.6. The minimum absolute atomic E-state index is 0.399. The van der Waals surface area contributed by atoms with Gasteiger partial charge in [0.2, 0.25) is 0 Å². The summed E-state index contributed by atoms with van der Waals surface area (Å²) in [5.41, 5.74) is 3.69. The molecule has 1 aliphatic rings. The zero-order valence-electron chi connectivity index (χ0n) is 13.0. The van der Waals surface area contributed by atoms with E-state index in [1.807, 2.05) is 6.92 Å². The van der Waals surface area contributed by atoms with Gasteiger partial charge >= 0.3 is 0 Å². The molecule has 0 aliphatic heterocycles. The molecule has 2 rings (SSSR count). The second-order valence-corrected chi connectivity index (χ2v) is 6.12. The Labute approximate surface area is 121 Å². The van der Waals surface area contributed by atoms with E-state index < -0.39 is 0 Å². The first-order valence-corrected chi connectivity index (χ1v) is 7.66. The maximum absolute atomic E-state index is 5.57. The zero-order valence-corrected chi connectivity index (χ0v) is 13.0. The summed E-state index contributed by atoms with van der Waals surface area (Å²) in [6.07, 6.45) is 4.73. The van der Waals surface area contributed by atoms with Gasteiger partial charge in [-0.15, -0.1) is 0 Å². The molecule has 1 heterocycles. The molecule has 1 aromatic rings. The lowest BCUT2D eigenvalue weighted by Gasteiger charge is -2.20. The second kappa shape index (κ2) is 6.39. The summed E-state index contributed by atoms with van der Waals surface area (Å²) in [7, 11) is 0. The number of hydrogen-bond acceptors (Lipinski definition) is 5. The van der Waals surface area contributed by atoms with E-state index >= 15 is 0 Å². The Kier molecular flexibility index (Phi) is 4.81. The first kappa shape index (κ1) is 15.0. The molecule has 2 unspecified atom stereocenters. The zero-order chi connectivity index (χ0) is 14.7. The summed E-state index contributed by atoms with van der Waals surface area (Å²) < 4.78 is 0. The fourth-order valence-corrected chi connectivity index (χ4v) is 2.40.